The van der Waals surface area contributed by atoms with Gasteiger partial charge in [0.15, 0.2) is 0 Å². The van der Waals surface area contributed by atoms with Gasteiger partial charge < -0.3 is 30.5 Å². The number of para-hydroxylation sites is 3. The number of aryl methyl sites for hydroxylation is 4. The lowest BCUT2D eigenvalue weighted by atomic mass is 9.93. The number of benzene rings is 6. The highest BCUT2D eigenvalue weighted by molar-refractivity contribution is 5.85. The first-order valence-electron chi connectivity index (χ1n) is 34.6. The van der Waals surface area contributed by atoms with Crippen LogP contribution in [-0.2, 0) is 35.3 Å². The molecule has 21 heteroatoms. The summed E-state index contributed by atoms with van der Waals surface area (Å²) in [5, 5.41) is 18.8. The molecule has 1 aliphatic heterocycles. The highest BCUT2D eigenvalue weighted by Crippen LogP contribution is 2.33. The Bertz CT molecular complexity index is 4920. The normalized spacial score (nSPS) is 13.3. The summed E-state index contributed by atoms with van der Waals surface area (Å²) in [6, 6.07) is 42.4. The number of carboxylic acids is 1. The molecule has 0 spiro atoms. The fourth-order valence-electron chi connectivity index (χ4n) is 12.9. The maximum atomic E-state index is 13.9. The summed E-state index contributed by atoms with van der Waals surface area (Å²) in [7, 11) is 0. The Morgan fingerprint density at radius 2 is 1.14 bits per heavy atom. The Labute approximate surface area is 598 Å². The van der Waals surface area contributed by atoms with Crippen LogP contribution in [0.4, 0.5) is 10.1 Å². The number of nitrogens with one attached hydrogen (secondary N) is 3. The van der Waals surface area contributed by atoms with Crippen LogP contribution < -0.4 is 37.5 Å². The molecule has 5 atom stereocenters. The Kier molecular flexibility index (Phi) is 25.6. The highest BCUT2D eigenvalue weighted by Gasteiger charge is 2.30. The lowest BCUT2D eigenvalue weighted by Crippen LogP contribution is -2.40. The molecular formula is C82H89FN10O10. The molecule has 6 aromatic carbocycles. The van der Waals surface area contributed by atoms with Gasteiger partial charge in [0.1, 0.15) is 36.0 Å². The van der Waals surface area contributed by atoms with E-state index in [1.807, 2.05) is 128 Å². The number of hydrogen-bond donors (Lipinski definition) is 4. The van der Waals surface area contributed by atoms with E-state index in [0.717, 1.165) is 68.8 Å². The van der Waals surface area contributed by atoms with Gasteiger partial charge in [-0.05, 0) is 195 Å². The molecule has 1 saturated heterocycles. The number of amides is 3. The van der Waals surface area contributed by atoms with Crippen LogP contribution in [0.15, 0.2) is 197 Å². The summed E-state index contributed by atoms with van der Waals surface area (Å²) in [5.74, 6) is -2.17. The minimum atomic E-state index is -1.03. The lowest BCUT2D eigenvalue weighted by Gasteiger charge is -2.34. The largest absolute Gasteiger partial charge is 0.481 e. The number of carbonyl (C=O) groups excluding carboxylic acids is 5. The van der Waals surface area contributed by atoms with Crippen molar-refractivity contribution in [2.75, 3.05) is 18.0 Å². The van der Waals surface area contributed by atoms with Crippen molar-refractivity contribution in [2.45, 2.75) is 145 Å². The number of aromatic nitrogens is 6. The summed E-state index contributed by atoms with van der Waals surface area (Å²) >= 11 is 0. The van der Waals surface area contributed by atoms with E-state index >= 15 is 0 Å². The van der Waals surface area contributed by atoms with Gasteiger partial charge in [-0.1, -0.05) is 107 Å². The molecule has 1 aliphatic rings. The van der Waals surface area contributed by atoms with Crippen molar-refractivity contribution in [3.63, 3.8) is 0 Å². The van der Waals surface area contributed by atoms with Crippen molar-refractivity contribution in [2.24, 2.45) is 11.8 Å². The van der Waals surface area contributed by atoms with Crippen LogP contribution in [0.25, 0.3) is 44.2 Å². The van der Waals surface area contributed by atoms with Gasteiger partial charge in [0.2, 0.25) is 17.7 Å². The third-order valence-electron chi connectivity index (χ3n) is 18.0. The van der Waals surface area contributed by atoms with Crippen molar-refractivity contribution in [1.82, 2.24) is 44.6 Å². The number of fused-ring (bicyclic) bond motifs is 2. The minimum Gasteiger partial charge on any atom is -0.481 e. The molecule has 103 heavy (non-hydrogen) atoms. The van der Waals surface area contributed by atoms with Crippen molar-refractivity contribution in [3.05, 3.63) is 259 Å². The van der Waals surface area contributed by atoms with E-state index in [9.17, 15) is 52.6 Å². The van der Waals surface area contributed by atoms with Crippen molar-refractivity contribution in [3.8, 4) is 22.3 Å². The molecular weight excluding hydrogens is 1300 g/mol. The average Bonchev–Trinajstić information content (AvgIpc) is 0.811. The van der Waals surface area contributed by atoms with Crippen LogP contribution in [0.1, 0.15) is 149 Å². The number of ketones is 2. The van der Waals surface area contributed by atoms with E-state index in [2.05, 4.69) is 41.9 Å². The average molecular weight is 1390 g/mol. The molecule has 534 valence electrons. The molecule has 11 rings (SSSR count). The lowest BCUT2D eigenvalue weighted by molar-refractivity contribution is -0.138. The zero-order chi connectivity index (χ0) is 74.2. The SMILES string of the molecule is CC(=O)C[C@H](NC(=O)[C@@H](CC(C)C)n1ccc(C)cc1=O)c1cncc(-c2c(C)cc(F)cc2C)c1.CC(=O)C[C@H](NC(=O)[C@H](CC(C)C)n1cnc2ccccc2c1=O)c1cccc(N2CCC2)c1.Cc1ccccc1-c1cccc([C@H](CC(=O)O)NC(=O)Cn2c(=O)cnc3ccccc32)c1. The van der Waals surface area contributed by atoms with Gasteiger partial charge in [-0.25, -0.2) is 14.4 Å². The fourth-order valence-corrected chi connectivity index (χ4v) is 12.9. The maximum absolute atomic E-state index is 13.9. The number of nitrogens with zero attached hydrogens (tertiary/aromatic N) is 7. The van der Waals surface area contributed by atoms with E-state index < -0.39 is 47.6 Å². The van der Waals surface area contributed by atoms with Crippen LogP contribution in [0.2, 0.25) is 0 Å². The molecule has 0 aliphatic carbocycles. The van der Waals surface area contributed by atoms with Gasteiger partial charge in [-0.3, -0.25) is 57.3 Å². The second kappa shape index (κ2) is 34.8. The van der Waals surface area contributed by atoms with Gasteiger partial charge in [-0.15, -0.1) is 0 Å². The highest BCUT2D eigenvalue weighted by atomic mass is 19.1. The van der Waals surface area contributed by atoms with E-state index in [0.29, 0.717) is 45.9 Å². The van der Waals surface area contributed by atoms with Crippen LogP contribution in [-0.4, -0.2) is 82.1 Å². The van der Waals surface area contributed by atoms with Crippen molar-refractivity contribution >= 4 is 62.9 Å². The summed E-state index contributed by atoms with van der Waals surface area (Å²) in [5.41, 5.74) is 11.3. The van der Waals surface area contributed by atoms with Crippen LogP contribution >= 0.6 is 0 Å². The zero-order valence-electron chi connectivity index (χ0n) is 59.9. The van der Waals surface area contributed by atoms with Crippen LogP contribution in [0.5, 0.6) is 0 Å². The van der Waals surface area contributed by atoms with E-state index in [1.54, 1.807) is 73.2 Å². The number of halogens is 1. The maximum Gasteiger partial charge on any atom is 0.305 e. The number of pyridine rings is 2. The number of carboxylic acid groups (broad SMARTS) is 1. The van der Waals surface area contributed by atoms with Gasteiger partial charge in [0.05, 0.1) is 59.0 Å². The Morgan fingerprint density at radius 1 is 0.553 bits per heavy atom. The molecule has 4 aromatic heterocycles. The van der Waals surface area contributed by atoms with E-state index in [-0.39, 0.29) is 78.0 Å². The zero-order valence-corrected chi connectivity index (χ0v) is 59.9. The van der Waals surface area contributed by atoms with Gasteiger partial charge in [0, 0.05) is 61.8 Å². The molecule has 0 saturated carbocycles. The second-order valence-corrected chi connectivity index (χ2v) is 27.3. The predicted molar refractivity (Wildman–Crippen MR) is 399 cm³/mol. The summed E-state index contributed by atoms with van der Waals surface area (Å²) in [4.78, 5) is 129. The summed E-state index contributed by atoms with van der Waals surface area (Å²) < 4.78 is 18.1. The van der Waals surface area contributed by atoms with Gasteiger partial charge in [-0.2, -0.15) is 0 Å². The molecule has 0 radical (unpaired) electrons. The quantitative estimate of drug-likeness (QED) is 0.0415. The predicted octanol–water partition coefficient (Wildman–Crippen LogP) is 13.1. The summed E-state index contributed by atoms with van der Waals surface area (Å²) in [6.45, 7) is 20.3. The Balaban J connectivity index is 0.000000180. The van der Waals surface area contributed by atoms with Crippen molar-refractivity contribution in [1.29, 1.82) is 0 Å². The minimum absolute atomic E-state index is 0.00963. The molecule has 3 amide bonds. The molecule has 4 N–H and O–H groups in total. The Morgan fingerprint density at radius 3 is 1.76 bits per heavy atom. The summed E-state index contributed by atoms with van der Waals surface area (Å²) in [6.07, 6.45) is 9.70. The van der Waals surface area contributed by atoms with Crippen molar-refractivity contribution < 1.29 is 38.3 Å². The number of rotatable bonds is 25. The molecule has 10 aromatic rings. The standard InChI is InChI=1S/C29H34FN3O3.C27H32N4O3.C26H23N3O4/c1-17(2)9-26(33-8-7-18(3)10-27(33)35)29(36)32-25(13-21(6)34)22-14-23(16-31-15-22)28-19(4)11-24(30)12-20(28)5;1-18(2)14-25(31-17-28-23-11-5-4-10-22(23)27(31)34)26(33)29-24(15-19(3)32)20-8-6-9-21(16-20)30-12-7-13-30;1-17-7-2-3-10-20(17)18-8-6-9-19(13-18)22(14-26(32)33)28-24(30)16-29-23-12-5-4-11-21(23)27-15-25(29)31/h7-8,10-12,14-17,25-26H,9,13H2,1-6H3,(H,32,36);4-6,8-11,16-18,24-25H,7,12-15H2,1-3H3,(H,29,33);2-13,15,22H,14,16H2,1H3,(H,28,30)(H,32,33)/t25-,26+;24-,25-;22-/m000/s1. The first kappa shape index (κ1) is 75.8. The third kappa shape index (κ3) is 20.0. The first-order valence-corrected chi connectivity index (χ1v) is 34.6. The molecule has 20 nitrogen and oxygen atoms in total. The molecule has 0 unspecified atom stereocenters. The van der Waals surface area contributed by atoms with Crippen LogP contribution in [0, 0.1) is 45.3 Å². The molecule has 0 bridgehead atoms. The third-order valence-corrected chi connectivity index (χ3v) is 18.0. The second-order valence-electron chi connectivity index (χ2n) is 27.3. The smallest absolute Gasteiger partial charge is 0.305 e. The fraction of sp³-hybridized carbons (Fsp3) is 0.317. The number of aliphatic carboxylic acids is 1. The van der Waals surface area contributed by atoms with Gasteiger partial charge in [0.25, 0.3) is 16.7 Å². The van der Waals surface area contributed by atoms with Crippen LogP contribution in [0.3, 0.4) is 0 Å². The molecule has 5 heterocycles. The van der Waals surface area contributed by atoms with E-state index in [4.69, 9.17) is 0 Å². The van der Waals surface area contributed by atoms with Gasteiger partial charge >= 0.3 is 5.97 Å². The number of Topliss-reactive ketones (excluding diaryl/α,β-unsaturated/α-hetero) is 2. The van der Waals surface area contributed by atoms with E-state index in [1.165, 1.54) is 64.7 Å². The number of anilines is 1. The topological polar surface area (TPSA) is 267 Å². The number of hydrogen-bond acceptors (Lipinski definition) is 13. The first-order chi connectivity index (χ1) is 49.2. The monoisotopic (exact) mass is 1390 g/mol. The molecule has 1 fully saturated rings. The Hall–Kier alpha value is -11.4. The number of carbonyl (C=O) groups is 6.